The number of anilines is 1. The molecule has 1 N–H and O–H groups in total. The predicted octanol–water partition coefficient (Wildman–Crippen LogP) is 3.17. The summed E-state index contributed by atoms with van der Waals surface area (Å²) in [6.45, 7) is 1.93. The second-order valence-corrected chi connectivity index (χ2v) is 6.36. The van der Waals surface area contributed by atoms with E-state index in [2.05, 4.69) is 5.32 Å². The lowest BCUT2D eigenvalue weighted by atomic mass is 10.1. The number of furan rings is 1. The molecule has 1 aliphatic heterocycles. The van der Waals surface area contributed by atoms with Crippen molar-refractivity contribution in [2.24, 2.45) is 0 Å². The Morgan fingerprint density at radius 1 is 1.04 bits per heavy atom. The van der Waals surface area contributed by atoms with Crippen LogP contribution < -0.4 is 10.1 Å². The second-order valence-electron chi connectivity index (χ2n) is 6.36. The van der Waals surface area contributed by atoms with Crippen LogP contribution in [0.2, 0.25) is 0 Å². The molecule has 0 aliphatic carbocycles. The smallest absolute Gasteiger partial charge is 0.291 e. The lowest BCUT2D eigenvalue weighted by Crippen LogP contribution is -2.40. The van der Waals surface area contributed by atoms with Crippen LogP contribution in [0.4, 0.5) is 5.69 Å². The summed E-state index contributed by atoms with van der Waals surface area (Å²) in [6.07, 6.45) is 0. The van der Waals surface area contributed by atoms with Gasteiger partial charge in [0.25, 0.3) is 11.8 Å². The Labute approximate surface area is 161 Å². The minimum absolute atomic E-state index is 0.117. The summed E-state index contributed by atoms with van der Waals surface area (Å²) in [4.78, 5) is 27.6. The number of fused-ring (bicyclic) bond motifs is 1. The molecule has 144 valence electrons. The van der Waals surface area contributed by atoms with Gasteiger partial charge in [0.2, 0.25) is 5.76 Å². The van der Waals surface area contributed by atoms with E-state index >= 15 is 0 Å². The molecule has 0 bridgehead atoms. The second kappa shape index (κ2) is 7.74. The van der Waals surface area contributed by atoms with Gasteiger partial charge in [0.05, 0.1) is 25.9 Å². The van der Waals surface area contributed by atoms with E-state index in [-0.39, 0.29) is 17.6 Å². The zero-order valence-electron chi connectivity index (χ0n) is 15.4. The molecule has 0 atom stereocenters. The van der Waals surface area contributed by atoms with Gasteiger partial charge in [-0.3, -0.25) is 9.59 Å². The van der Waals surface area contributed by atoms with Crippen LogP contribution in [0.3, 0.4) is 0 Å². The van der Waals surface area contributed by atoms with Gasteiger partial charge in [-0.05, 0) is 24.3 Å². The first-order valence-electron chi connectivity index (χ1n) is 9.02. The molecule has 1 aromatic heterocycles. The third-order valence-electron chi connectivity index (χ3n) is 4.68. The van der Waals surface area contributed by atoms with Crippen LogP contribution in [0.5, 0.6) is 5.75 Å². The standard InChI is InChI=1S/C21H20N2O5/c1-26-16-8-4-3-7-15(16)20(24)22-18-14-6-2-5-9-17(14)28-19(18)21(25)23-10-12-27-13-11-23/h2-9H,10-13H2,1H3,(H,22,24). The molecule has 4 rings (SSSR count). The Balaban J connectivity index is 1.73. The summed E-state index contributed by atoms with van der Waals surface area (Å²) in [5.74, 6) is -0.0740. The fourth-order valence-electron chi connectivity index (χ4n) is 3.24. The highest BCUT2D eigenvalue weighted by molar-refractivity contribution is 6.15. The molecule has 2 amide bonds. The van der Waals surface area contributed by atoms with Gasteiger partial charge in [-0.1, -0.05) is 24.3 Å². The monoisotopic (exact) mass is 380 g/mol. The molecule has 3 aromatic rings. The highest BCUT2D eigenvalue weighted by Gasteiger charge is 2.28. The number of amides is 2. The van der Waals surface area contributed by atoms with Gasteiger partial charge in [0.15, 0.2) is 0 Å². The van der Waals surface area contributed by atoms with Gasteiger partial charge in [0.1, 0.15) is 17.0 Å². The SMILES string of the molecule is COc1ccccc1C(=O)Nc1c(C(=O)N2CCOCC2)oc2ccccc12. The number of benzene rings is 2. The number of nitrogens with one attached hydrogen (secondary N) is 1. The Kier molecular flexibility index (Phi) is 4.99. The van der Waals surface area contributed by atoms with E-state index in [9.17, 15) is 9.59 Å². The number of para-hydroxylation sites is 2. The summed E-state index contributed by atoms with van der Waals surface area (Å²) < 4.78 is 16.4. The van der Waals surface area contributed by atoms with Gasteiger partial charge in [-0.2, -0.15) is 0 Å². The summed E-state index contributed by atoms with van der Waals surface area (Å²) in [7, 11) is 1.51. The highest BCUT2D eigenvalue weighted by atomic mass is 16.5. The number of carbonyl (C=O) groups excluding carboxylic acids is 2. The quantitative estimate of drug-likeness (QED) is 0.752. The summed E-state index contributed by atoms with van der Waals surface area (Å²) in [6, 6.07) is 14.2. The molecule has 2 aromatic carbocycles. The van der Waals surface area contributed by atoms with Crippen LogP contribution in [0, 0.1) is 0 Å². The van der Waals surface area contributed by atoms with Crippen molar-refractivity contribution in [2.45, 2.75) is 0 Å². The highest BCUT2D eigenvalue weighted by Crippen LogP contribution is 2.33. The van der Waals surface area contributed by atoms with E-state index in [1.54, 1.807) is 35.2 Å². The first kappa shape index (κ1) is 18.1. The van der Waals surface area contributed by atoms with Crippen molar-refractivity contribution >= 4 is 28.5 Å². The maximum Gasteiger partial charge on any atom is 0.291 e. The molecule has 7 heteroatoms. The first-order chi connectivity index (χ1) is 13.7. The molecule has 1 fully saturated rings. The molecule has 0 saturated carbocycles. The first-order valence-corrected chi connectivity index (χ1v) is 9.02. The van der Waals surface area contributed by atoms with Crippen LogP contribution in [0.15, 0.2) is 52.9 Å². The van der Waals surface area contributed by atoms with E-state index in [1.807, 2.05) is 18.2 Å². The number of methoxy groups -OCH3 is 1. The Morgan fingerprint density at radius 3 is 2.54 bits per heavy atom. The molecule has 0 spiro atoms. The normalized spacial score (nSPS) is 14.1. The lowest BCUT2D eigenvalue weighted by molar-refractivity contribution is 0.0285. The summed E-state index contributed by atoms with van der Waals surface area (Å²) in [5.41, 5.74) is 1.28. The Hall–Kier alpha value is -3.32. The maximum atomic E-state index is 13.0. The third-order valence-corrected chi connectivity index (χ3v) is 4.68. The molecule has 2 heterocycles. The largest absolute Gasteiger partial charge is 0.496 e. The molecular formula is C21H20N2O5. The molecule has 0 unspecified atom stereocenters. The number of ether oxygens (including phenoxy) is 2. The van der Waals surface area contributed by atoms with E-state index in [0.29, 0.717) is 54.3 Å². The van der Waals surface area contributed by atoms with Crippen molar-refractivity contribution in [2.75, 3.05) is 38.7 Å². The van der Waals surface area contributed by atoms with E-state index < -0.39 is 0 Å². The minimum Gasteiger partial charge on any atom is -0.496 e. The van der Waals surface area contributed by atoms with Crippen molar-refractivity contribution in [1.82, 2.24) is 4.90 Å². The van der Waals surface area contributed by atoms with Crippen molar-refractivity contribution < 1.29 is 23.5 Å². The van der Waals surface area contributed by atoms with Crippen LogP contribution in [-0.4, -0.2) is 50.1 Å². The minimum atomic E-state index is -0.375. The zero-order chi connectivity index (χ0) is 19.5. The molecule has 1 aliphatic rings. The number of rotatable bonds is 4. The van der Waals surface area contributed by atoms with E-state index in [0.717, 1.165) is 0 Å². The van der Waals surface area contributed by atoms with Crippen molar-refractivity contribution in [3.63, 3.8) is 0 Å². The van der Waals surface area contributed by atoms with Gasteiger partial charge >= 0.3 is 0 Å². The summed E-state index contributed by atoms with van der Waals surface area (Å²) in [5, 5.41) is 3.52. The zero-order valence-corrected chi connectivity index (χ0v) is 15.4. The Morgan fingerprint density at radius 2 is 1.75 bits per heavy atom. The third kappa shape index (κ3) is 3.32. The van der Waals surface area contributed by atoms with Crippen LogP contribution in [0.25, 0.3) is 11.0 Å². The fourth-order valence-corrected chi connectivity index (χ4v) is 3.24. The van der Waals surface area contributed by atoms with Gasteiger partial charge in [-0.25, -0.2) is 0 Å². The molecule has 28 heavy (non-hydrogen) atoms. The van der Waals surface area contributed by atoms with Crippen molar-refractivity contribution in [3.8, 4) is 5.75 Å². The molecular weight excluding hydrogens is 360 g/mol. The van der Waals surface area contributed by atoms with E-state index in [4.69, 9.17) is 13.9 Å². The molecule has 7 nitrogen and oxygen atoms in total. The number of carbonyl (C=O) groups is 2. The van der Waals surface area contributed by atoms with E-state index in [1.165, 1.54) is 7.11 Å². The molecule has 1 saturated heterocycles. The van der Waals surface area contributed by atoms with Gasteiger partial charge in [0, 0.05) is 18.5 Å². The maximum absolute atomic E-state index is 13.0. The van der Waals surface area contributed by atoms with Gasteiger partial charge < -0.3 is 24.1 Å². The number of hydrogen-bond acceptors (Lipinski definition) is 5. The van der Waals surface area contributed by atoms with Crippen LogP contribution in [-0.2, 0) is 4.74 Å². The molecule has 0 radical (unpaired) electrons. The van der Waals surface area contributed by atoms with Crippen molar-refractivity contribution in [1.29, 1.82) is 0 Å². The Bertz CT molecular complexity index is 1020. The summed E-state index contributed by atoms with van der Waals surface area (Å²) >= 11 is 0. The number of hydrogen-bond donors (Lipinski definition) is 1. The van der Waals surface area contributed by atoms with Gasteiger partial charge in [-0.15, -0.1) is 0 Å². The number of morpholine rings is 1. The van der Waals surface area contributed by atoms with Crippen LogP contribution in [0.1, 0.15) is 20.9 Å². The van der Waals surface area contributed by atoms with Crippen molar-refractivity contribution in [3.05, 3.63) is 59.9 Å². The number of nitrogens with zero attached hydrogens (tertiary/aromatic N) is 1. The fraction of sp³-hybridized carbons (Fsp3) is 0.238. The lowest BCUT2D eigenvalue weighted by Gasteiger charge is -2.26. The average Bonchev–Trinajstić information content (AvgIpc) is 3.12. The topological polar surface area (TPSA) is 81.0 Å². The average molecular weight is 380 g/mol. The van der Waals surface area contributed by atoms with Crippen LogP contribution >= 0.6 is 0 Å². The predicted molar refractivity (Wildman–Crippen MR) is 104 cm³/mol.